The lowest BCUT2D eigenvalue weighted by atomic mass is 10.2. The minimum atomic E-state index is -0.406. The second-order valence-corrected chi connectivity index (χ2v) is 3.84. The van der Waals surface area contributed by atoms with Crippen LogP contribution >= 0.6 is 0 Å². The molecule has 0 aliphatic carbocycles. The monoisotopic (exact) mass is 238 g/mol. The number of aromatic amines is 1. The summed E-state index contributed by atoms with van der Waals surface area (Å²) in [5.41, 5.74) is 5.30. The van der Waals surface area contributed by atoms with Crippen molar-refractivity contribution < 1.29 is 9.53 Å². The van der Waals surface area contributed by atoms with Crippen molar-refractivity contribution in [3.63, 3.8) is 0 Å². The number of aromatic nitrogens is 2. The molecule has 1 aliphatic heterocycles. The van der Waals surface area contributed by atoms with Crippen molar-refractivity contribution in [2.75, 3.05) is 24.3 Å². The molecule has 0 spiro atoms. The van der Waals surface area contributed by atoms with Crippen LogP contribution in [0.2, 0.25) is 0 Å². The number of hydrogen-bond donors (Lipinski definition) is 2. The van der Waals surface area contributed by atoms with Gasteiger partial charge in [0.2, 0.25) is 0 Å². The number of carbonyl (C=O) groups is 1. The van der Waals surface area contributed by atoms with E-state index in [2.05, 4.69) is 9.97 Å². The predicted octanol–water partition coefficient (Wildman–Crippen LogP) is -0.506. The van der Waals surface area contributed by atoms with Crippen molar-refractivity contribution in [2.24, 2.45) is 0 Å². The van der Waals surface area contributed by atoms with Gasteiger partial charge in [0.05, 0.1) is 13.4 Å². The first-order chi connectivity index (χ1) is 8.15. The molecule has 1 atom stereocenters. The molecular formula is C10H14N4O3. The molecule has 0 saturated carbocycles. The fourth-order valence-electron chi connectivity index (χ4n) is 2.03. The van der Waals surface area contributed by atoms with Crippen LogP contribution in [0.25, 0.3) is 0 Å². The summed E-state index contributed by atoms with van der Waals surface area (Å²) in [4.78, 5) is 31.1. The van der Waals surface area contributed by atoms with Crippen LogP contribution in [0.1, 0.15) is 12.8 Å². The normalized spacial score (nSPS) is 19.4. The number of rotatable bonds is 2. The summed E-state index contributed by atoms with van der Waals surface area (Å²) in [6.45, 7) is 0.639. The highest BCUT2D eigenvalue weighted by Crippen LogP contribution is 2.26. The zero-order chi connectivity index (χ0) is 12.4. The Kier molecular flexibility index (Phi) is 2.99. The SMILES string of the molecule is COC(=O)C1CCCN1c1nc[nH]c(=O)c1N. The van der Waals surface area contributed by atoms with E-state index in [0.717, 1.165) is 6.42 Å². The van der Waals surface area contributed by atoms with E-state index < -0.39 is 11.6 Å². The van der Waals surface area contributed by atoms with Crippen molar-refractivity contribution in [1.82, 2.24) is 9.97 Å². The van der Waals surface area contributed by atoms with E-state index >= 15 is 0 Å². The highest BCUT2D eigenvalue weighted by Gasteiger charge is 2.33. The summed E-state index contributed by atoms with van der Waals surface area (Å²) >= 11 is 0. The average molecular weight is 238 g/mol. The zero-order valence-electron chi connectivity index (χ0n) is 9.47. The molecule has 1 aliphatic rings. The predicted molar refractivity (Wildman–Crippen MR) is 61.7 cm³/mol. The first kappa shape index (κ1) is 11.4. The molecule has 7 nitrogen and oxygen atoms in total. The van der Waals surface area contributed by atoms with Crippen LogP contribution in [0, 0.1) is 0 Å². The molecular weight excluding hydrogens is 224 g/mol. The van der Waals surface area contributed by atoms with E-state index in [9.17, 15) is 9.59 Å². The Hall–Kier alpha value is -2.05. The standard InChI is InChI=1S/C10H14N4O3/c1-17-10(16)6-3-2-4-14(6)8-7(11)9(15)13-5-12-8/h5-6H,2-4,11H2,1H3,(H,12,13,15). The molecule has 2 rings (SSSR count). The molecule has 1 unspecified atom stereocenters. The third-order valence-corrected chi connectivity index (χ3v) is 2.87. The van der Waals surface area contributed by atoms with E-state index in [1.807, 2.05) is 0 Å². The number of carbonyl (C=O) groups excluding carboxylic acids is 1. The van der Waals surface area contributed by atoms with Crippen molar-refractivity contribution in [3.05, 3.63) is 16.7 Å². The minimum Gasteiger partial charge on any atom is -0.467 e. The molecule has 1 aromatic rings. The lowest BCUT2D eigenvalue weighted by molar-refractivity contribution is -0.141. The van der Waals surface area contributed by atoms with Gasteiger partial charge >= 0.3 is 5.97 Å². The largest absolute Gasteiger partial charge is 0.467 e. The Morgan fingerprint density at radius 1 is 1.71 bits per heavy atom. The summed E-state index contributed by atoms with van der Waals surface area (Å²) in [6, 6.07) is -0.406. The molecule has 1 saturated heterocycles. The Bertz CT molecular complexity index is 485. The van der Waals surface area contributed by atoms with Crippen molar-refractivity contribution in [3.8, 4) is 0 Å². The topological polar surface area (TPSA) is 101 Å². The fourth-order valence-corrected chi connectivity index (χ4v) is 2.03. The first-order valence-electron chi connectivity index (χ1n) is 5.32. The number of hydrogen-bond acceptors (Lipinski definition) is 6. The minimum absolute atomic E-state index is 0.0308. The molecule has 2 heterocycles. The van der Waals surface area contributed by atoms with Gasteiger partial charge in [-0.3, -0.25) is 4.79 Å². The van der Waals surface area contributed by atoms with Crippen LogP contribution in [0.5, 0.6) is 0 Å². The average Bonchev–Trinajstić information content (AvgIpc) is 2.80. The Labute approximate surface area is 97.6 Å². The summed E-state index contributed by atoms with van der Waals surface area (Å²) in [6.07, 6.45) is 2.80. The Balaban J connectivity index is 2.36. The maximum atomic E-state index is 11.6. The van der Waals surface area contributed by atoms with Gasteiger partial charge in [-0.2, -0.15) is 0 Å². The van der Waals surface area contributed by atoms with Gasteiger partial charge < -0.3 is 20.4 Å². The second-order valence-electron chi connectivity index (χ2n) is 3.84. The van der Waals surface area contributed by atoms with E-state index in [4.69, 9.17) is 10.5 Å². The number of nitrogens with zero attached hydrogens (tertiary/aromatic N) is 2. The van der Waals surface area contributed by atoms with Gasteiger partial charge in [0, 0.05) is 6.54 Å². The van der Waals surface area contributed by atoms with Gasteiger partial charge in [0.1, 0.15) is 11.7 Å². The number of H-pyrrole nitrogens is 1. The highest BCUT2D eigenvalue weighted by molar-refractivity contribution is 5.81. The van der Waals surface area contributed by atoms with Gasteiger partial charge in [-0.25, -0.2) is 9.78 Å². The number of ether oxygens (including phenoxy) is 1. The molecule has 0 amide bonds. The summed E-state index contributed by atoms with van der Waals surface area (Å²) in [5, 5.41) is 0. The molecule has 0 aromatic carbocycles. The number of anilines is 2. The lowest BCUT2D eigenvalue weighted by Crippen LogP contribution is -2.38. The van der Waals surface area contributed by atoms with Crippen LogP contribution in [0.15, 0.2) is 11.1 Å². The van der Waals surface area contributed by atoms with Gasteiger partial charge in [0.25, 0.3) is 5.56 Å². The van der Waals surface area contributed by atoms with E-state index in [0.29, 0.717) is 18.8 Å². The lowest BCUT2D eigenvalue weighted by Gasteiger charge is -2.24. The quantitative estimate of drug-likeness (QED) is 0.673. The Morgan fingerprint density at radius 2 is 2.47 bits per heavy atom. The van der Waals surface area contributed by atoms with Gasteiger partial charge in [-0.15, -0.1) is 0 Å². The number of nitrogens with one attached hydrogen (secondary N) is 1. The third kappa shape index (κ3) is 1.95. The maximum absolute atomic E-state index is 11.6. The second kappa shape index (κ2) is 4.44. The number of esters is 1. The summed E-state index contributed by atoms with van der Waals surface area (Å²) in [5.74, 6) is 0.0191. The molecule has 17 heavy (non-hydrogen) atoms. The summed E-state index contributed by atoms with van der Waals surface area (Å²) in [7, 11) is 1.34. The van der Waals surface area contributed by atoms with E-state index in [1.165, 1.54) is 13.4 Å². The van der Waals surface area contributed by atoms with Crippen LogP contribution in [-0.4, -0.2) is 35.6 Å². The first-order valence-corrected chi connectivity index (χ1v) is 5.32. The van der Waals surface area contributed by atoms with Gasteiger partial charge in [-0.1, -0.05) is 0 Å². The molecule has 3 N–H and O–H groups in total. The summed E-state index contributed by atoms with van der Waals surface area (Å²) < 4.78 is 4.72. The molecule has 92 valence electrons. The molecule has 0 bridgehead atoms. The fraction of sp³-hybridized carbons (Fsp3) is 0.500. The van der Waals surface area contributed by atoms with Crippen LogP contribution in [0.4, 0.5) is 11.5 Å². The number of nitrogen functional groups attached to an aromatic ring is 1. The molecule has 0 radical (unpaired) electrons. The molecule has 1 fully saturated rings. The smallest absolute Gasteiger partial charge is 0.328 e. The molecule has 7 heteroatoms. The van der Waals surface area contributed by atoms with Crippen molar-refractivity contribution >= 4 is 17.5 Å². The highest BCUT2D eigenvalue weighted by atomic mass is 16.5. The van der Waals surface area contributed by atoms with E-state index in [-0.39, 0.29) is 11.7 Å². The van der Waals surface area contributed by atoms with Crippen LogP contribution < -0.4 is 16.2 Å². The third-order valence-electron chi connectivity index (χ3n) is 2.87. The van der Waals surface area contributed by atoms with Crippen molar-refractivity contribution in [1.29, 1.82) is 0 Å². The number of methoxy groups -OCH3 is 1. The van der Waals surface area contributed by atoms with E-state index in [1.54, 1.807) is 4.90 Å². The molecule has 1 aromatic heterocycles. The van der Waals surface area contributed by atoms with Crippen molar-refractivity contribution in [2.45, 2.75) is 18.9 Å². The maximum Gasteiger partial charge on any atom is 0.328 e. The van der Waals surface area contributed by atoms with Gasteiger partial charge in [0.15, 0.2) is 5.82 Å². The van der Waals surface area contributed by atoms with Crippen LogP contribution in [-0.2, 0) is 9.53 Å². The number of nitrogens with two attached hydrogens (primary N) is 1. The zero-order valence-corrected chi connectivity index (χ0v) is 9.47. The van der Waals surface area contributed by atoms with Crippen LogP contribution in [0.3, 0.4) is 0 Å². The Morgan fingerprint density at radius 3 is 3.18 bits per heavy atom. The van der Waals surface area contributed by atoms with Gasteiger partial charge in [-0.05, 0) is 12.8 Å².